The van der Waals surface area contributed by atoms with Crippen LogP contribution < -0.4 is 10.3 Å². The van der Waals surface area contributed by atoms with E-state index in [4.69, 9.17) is 9.84 Å². The molecule has 0 saturated heterocycles. The smallest absolute Gasteiger partial charge is 0.259 e. The van der Waals surface area contributed by atoms with Gasteiger partial charge in [-0.3, -0.25) is 4.79 Å². The van der Waals surface area contributed by atoms with Gasteiger partial charge >= 0.3 is 0 Å². The quantitative estimate of drug-likeness (QED) is 0.302. The van der Waals surface area contributed by atoms with E-state index in [2.05, 4.69) is 32.0 Å². The van der Waals surface area contributed by atoms with E-state index in [9.17, 15) is 10.1 Å². The molecule has 3 aromatic carbocycles. The zero-order valence-corrected chi connectivity index (χ0v) is 20.2. The Morgan fingerprint density at radius 1 is 1.11 bits per heavy atom. The van der Waals surface area contributed by atoms with Gasteiger partial charge in [0.25, 0.3) is 5.56 Å². The highest BCUT2D eigenvalue weighted by Gasteiger charge is 2.15. The van der Waals surface area contributed by atoms with Crippen molar-refractivity contribution in [2.24, 2.45) is 0 Å². The highest BCUT2D eigenvalue weighted by Crippen LogP contribution is 2.33. The van der Waals surface area contributed by atoms with Gasteiger partial charge in [0.05, 0.1) is 33.7 Å². The maximum Gasteiger partial charge on any atom is 0.259 e. The number of aromatic nitrogens is 4. The van der Waals surface area contributed by atoms with Gasteiger partial charge in [-0.1, -0.05) is 30.3 Å². The summed E-state index contributed by atoms with van der Waals surface area (Å²) in [6.07, 6.45) is 3.53. The average molecular weight is 524 g/mol. The molecule has 0 unspecified atom stereocenters. The number of fused-ring (bicyclic) bond motifs is 1. The van der Waals surface area contributed by atoms with Gasteiger partial charge in [0, 0.05) is 17.3 Å². The summed E-state index contributed by atoms with van der Waals surface area (Å²) in [5.74, 6) is 0.898. The summed E-state index contributed by atoms with van der Waals surface area (Å²) in [5.41, 5.74) is 3.49. The molecule has 0 aliphatic heterocycles. The second kappa shape index (κ2) is 9.41. The van der Waals surface area contributed by atoms with Crippen LogP contribution >= 0.6 is 15.9 Å². The molecular weight excluding hydrogens is 506 g/mol. The molecule has 2 aromatic heterocycles. The van der Waals surface area contributed by atoms with Crippen molar-refractivity contribution in [3.05, 3.63) is 105 Å². The van der Waals surface area contributed by atoms with Gasteiger partial charge in [0.2, 0.25) is 0 Å². The zero-order chi connectivity index (χ0) is 24.4. The Hall–Kier alpha value is -4.48. The van der Waals surface area contributed by atoms with Crippen molar-refractivity contribution in [1.82, 2.24) is 19.7 Å². The molecule has 0 saturated carbocycles. The largest absolute Gasteiger partial charge is 0.496 e. The molecule has 1 N–H and O–H groups in total. The predicted molar refractivity (Wildman–Crippen MR) is 139 cm³/mol. The van der Waals surface area contributed by atoms with Crippen molar-refractivity contribution in [2.45, 2.75) is 0 Å². The molecule has 0 atom stereocenters. The summed E-state index contributed by atoms with van der Waals surface area (Å²) in [6, 6.07) is 24.6. The molecular formula is C27H18BrN5O2. The summed E-state index contributed by atoms with van der Waals surface area (Å²) >= 11 is 3.54. The molecule has 0 bridgehead atoms. The van der Waals surface area contributed by atoms with Crippen LogP contribution in [-0.4, -0.2) is 26.9 Å². The van der Waals surface area contributed by atoms with Crippen molar-refractivity contribution in [1.29, 1.82) is 5.26 Å². The van der Waals surface area contributed by atoms with Crippen LogP contribution in [0.4, 0.5) is 0 Å². The number of para-hydroxylation sites is 2. The molecule has 7 nitrogen and oxygen atoms in total. The Labute approximate surface area is 209 Å². The highest BCUT2D eigenvalue weighted by molar-refractivity contribution is 9.10. The molecule has 0 amide bonds. The Morgan fingerprint density at radius 3 is 2.63 bits per heavy atom. The number of aromatic amines is 1. The minimum atomic E-state index is -0.300. The maximum atomic E-state index is 12.6. The third-order valence-electron chi connectivity index (χ3n) is 5.48. The number of hydrogen-bond donors (Lipinski definition) is 1. The second-order valence-electron chi connectivity index (χ2n) is 7.66. The Morgan fingerprint density at radius 2 is 1.89 bits per heavy atom. The van der Waals surface area contributed by atoms with E-state index in [0.29, 0.717) is 27.9 Å². The van der Waals surface area contributed by atoms with Crippen molar-refractivity contribution >= 4 is 38.5 Å². The topological polar surface area (TPSA) is 96.6 Å². The third-order valence-corrected chi connectivity index (χ3v) is 6.10. The normalized spacial score (nSPS) is 11.4. The fourth-order valence-electron chi connectivity index (χ4n) is 3.77. The minimum Gasteiger partial charge on any atom is -0.496 e. The van der Waals surface area contributed by atoms with Crippen LogP contribution in [0.5, 0.6) is 5.75 Å². The Bertz CT molecular complexity index is 1680. The van der Waals surface area contributed by atoms with E-state index in [0.717, 1.165) is 15.7 Å². The van der Waals surface area contributed by atoms with Gasteiger partial charge in [0.15, 0.2) is 5.82 Å². The third kappa shape index (κ3) is 4.37. The summed E-state index contributed by atoms with van der Waals surface area (Å²) in [5, 5.41) is 15.2. The monoisotopic (exact) mass is 523 g/mol. The van der Waals surface area contributed by atoms with Crippen LogP contribution in [0.15, 0.2) is 88.3 Å². The van der Waals surface area contributed by atoms with E-state index < -0.39 is 0 Å². The van der Waals surface area contributed by atoms with E-state index in [1.807, 2.05) is 54.7 Å². The molecule has 0 fully saturated rings. The van der Waals surface area contributed by atoms with Crippen LogP contribution in [0, 0.1) is 11.3 Å². The number of nitrogens with one attached hydrogen (secondary N) is 1. The zero-order valence-electron chi connectivity index (χ0n) is 18.6. The molecule has 0 aliphatic rings. The molecule has 2 heterocycles. The number of allylic oxidation sites excluding steroid dienone is 1. The standard InChI is InChI=1S/C27H18BrN5O2/c1-35-24-12-11-17(14-22(24)28)25-19(16-33(32-25)20-7-3-2-4-8-20)13-18(15-29)26-30-23-10-6-5-9-21(23)27(34)31-26/h2-14,16H,1H3,(H,30,31,34)/b18-13+. The molecule has 170 valence electrons. The lowest BCUT2D eigenvalue weighted by atomic mass is 10.1. The summed E-state index contributed by atoms with van der Waals surface area (Å²) in [4.78, 5) is 19.8. The molecule has 8 heteroatoms. The molecule has 0 spiro atoms. The maximum absolute atomic E-state index is 12.6. The first-order chi connectivity index (χ1) is 17.1. The van der Waals surface area contributed by atoms with Crippen LogP contribution in [-0.2, 0) is 0 Å². The predicted octanol–water partition coefficient (Wildman–Crippen LogP) is 5.61. The molecule has 35 heavy (non-hydrogen) atoms. The van der Waals surface area contributed by atoms with Gasteiger partial charge in [-0.05, 0) is 64.5 Å². The number of halogens is 1. The number of H-pyrrole nitrogens is 1. The van der Waals surface area contributed by atoms with E-state index in [-0.39, 0.29) is 17.0 Å². The Balaban J connectivity index is 1.69. The van der Waals surface area contributed by atoms with Gasteiger partial charge in [0.1, 0.15) is 17.5 Å². The molecule has 5 aromatic rings. The van der Waals surface area contributed by atoms with Crippen molar-refractivity contribution in [3.8, 4) is 28.8 Å². The molecule has 0 aliphatic carbocycles. The minimum absolute atomic E-state index is 0.200. The summed E-state index contributed by atoms with van der Waals surface area (Å²) < 4.78 is 7.89. The first-order valence-corrected chi connectivity index (χ1v) is 11.5. The van der Waals surface area contributed by atoms with E-state index >= 15 is 0 Å². The number of hydrogen-bond acceptors (Lipinski definition) is 5. The van der Waals surface area contributed by atoms with Gasteiger partial charge < -0.3 is 9.72 Å². The van der Waals surface area contributed by atoms with Crippen LogP contribution in [0.1, 0.15) is 11.4 Å². The number of methoxy groups -OCH3 is 1. The lowest BCUT2D eigenvalue weighted by Gasteiger charge is -2.06. The average Bonchev–Trinajstić information content (AvgIpc) is 3.31. The molecule has 0 radical (unpaired) electrons. The number of benzene rings is 3. The van der Waals surface area contributed by atoms with Crippen LogP contribution in [0.2, 0.25) is 0 Å². The first-order valence-electron chi connectivity index (χ1n) is 10.7. The van der Waals surface area contributed by atoms with Crippen LogP contribution in [0.3, 0.4) is 0 Å². The summed E-state index contributed by atoms with van der Waals surface area (Å²) in [6.45, 7) is 0. The van der Waals surface area contributed by atoms with E-state index in [1.165, 1.54) is 0 Å². The number of rotatable bonds is 5. The second-order valence-corrected chi connectivity index (χ2v) is 8.52. The van der Waals surface area contributed by atoms with Crippen molar-refractivity contribution in [3.63, 3.8) is 0 Å². The first kappa shape index (κ1) is 22.3. The Kier molecular flexibility index (Phi) is 6.00. The highest BCUT2D eigenvalue weighted by atomic mass is 79.9. The van der Waals surface area contributed by atoms with Crippen LogP contribution in [0.25, 0.3) is 39.5 Å². The number of nitriles is 1. The molecule has 5 rings (SSSR count). The number of nitrogens with zero attached hydrogens (tertiary/aromatic N) is 4. The lowest BCUT2D eigenvalue weighted by molar-refractivity contribution is 0.412. The SMILES string of the molecule is COc1ccc(-c2nn(-c3ccccc3)cc2/C=C(\C#N)c2nc3ccccc3c(=O)[nH]2)cc1Br. The van der Waals surface area contributed by atoms with E-state index in [1.54, 1.807) is 42.1 Å². The van der Waals surface area contributed by atoms with Gasteiger partial charge in [-0.25, -0.2) is 9.67 Å². The van der Waals surface area contributed by atoms with Gasteiger partial charge in [-0.2, -0.15) is 10.4 Å². The van der Waals surface area contributed by atoms with Gasteiger partial charge in [-0.15, -0.1) is 0 Å². The fraction of sp³-hybridized carbons (Fsp3) is 0.0370. The fourth-order valence-corrected chi connectivity index (χ4v) is 4.31. The number of ether oxygens (including phenoxy) is 1. The lowest BCUT2D eigenvalue weighted by Crippen LogP contribution is -2.11. The van der Waals surface area contributed by atoms with Crippen molar-refractivity contribution < 1.29 is 4.74 Å². The van der Waals surface area contributed by atoms with Crippen molar-refractivity contribution in [2.75, 3.05) is 7.11 Å². The summed E-state index contributed by atoms with van der Waals surface area (Å²) in [7, 11) is 1.61.